The van der Waals surface area contributed by atoms with Crippen LogP contribution in [0.2, 0.25) is 0 Å². The maximum atomic E-state index is 4.60. The van der Waals surface area contributed by atoms with E-state index in [1.807, 2.05) is 6.07 Å². The van der Waals surface area contributed by atoms with Gasteiger partial charge in [0, 0.05) is 19.6 Å². The summed E-state index contributed by atoms with van der Waals surface area (Å²) >= 11 is 0. The maximum Gasteiger partial charge on any atom is 0.194 e. The molecule has 3 heteroatoms. The van der Waals surface area contributed by atoms with Crippen LogP contribution in [0.5, 0.6) is 0 Å². The van der Waals surface area contributed by atoms with Gasteiger partial charge in [-0.2, -0.15) is 0 Å². The van der Waals surface area contributed by atoms with Crippen molar-refractivity contribution in [2.45, 2.75) is 32.5 Å². The number of hydrogen-bond donors (Lipinski definition) is 1. The Morgan fingerprint density at radius 1 is 1.25 bits per heavy atom. The molecule has 0 saturated carbocycles. The number of nitrogens with zero attached hydrogens (tertiary/aromatic N) is 2. The number of rotatable bonds is 2. The Kier molecular flexibility index (Phi) is 3.13. The molecule has 0 saturated heterocycles. The summed E-state index contributed by atoms with van der Waals surface area (Å²) in [6.07, 6.45) is 0. The predicted molar refractivity (Wildman–Crippen MR) is 67.4 cm³/mol. The van der Waals surface area contributed by atoms with Gasteiger partial charge in [0.2, 0.25) is 0 Å². The Morgan fingerprint density at radius 3 is 2.50 bits per heavy atom. The van der Waals surface area contributed by atoms with Crippen molar-refractivity contribution in [2.24, 2.45) is 4.99 Å². The zero-order chi connectivity index (χ0) is 11.5. The first-order chi connectivity index (χ1) is 7.66. The molecule has 0 spiro atoms. The van der Waals surface area contributed by atoms with E-state index >= 15 is 0 Å². The standard InChI is InChI=1S/C13H19N3/c1-10-11(2)15-13(14-10)16(3)9-12-7-5-4-6-8-12/h4-8,10-11H,9H2,1-3H3,(H,14,15)/t10-,11+. The van der Waals surface area contributed by atoms with E-state index in [2.05, 4.69) is 60.4 Å². The summed E-state index contributed by atoms with van der Waals surface area (Å²) in [6.45, 7) is 5.20. The minimum atomic E-state index is 0.369. The molecule has 1 aliphatic rings. The van der Waals surface area contributed by atoms with E-state index in [1.165, 1.54) is 5.56 Å². The van der Waals surface area contributed by atoms with E-state index in [1.54, 1.807) is 0 Å². The van der Waals surface area contributed by atoms with E-state index in [9.17, 15) is 0 Å². The Labute approximate surface area is 97.2 Å². The topological polar surface area (TPSA) is 27.6 Å². The first-order valence-electron chi connectivity index (χ1n) is 5.76. The highest BCUT2D eigenvalue weighted by molar-refractivity contribution is 5.82. The minimum Gasteiger partial charge on any atom is -0.352 e. The lowest BCUT2D eigenvalue weighted by Gasteiger charge is -2.20. The summed E-state index contributed by atoms with van der Waals surface area (Å²) in [5, 5.41) is 3.40. The third-order valence-electron chi connectivity index (χ3n) is 3.03. The number of hydrogen-bond acceptors (Lipinski definition) is 3. The quantitative estimate of drug-likeness (QED) is 0.818. The lowest BCUT2D eigenvalue weighted by atomic mass is 10.2. The van der Waals surface area contributed by atoms with Crippen LogP contribution in [0.25, 0.3) is 0 Å². The van der Waals surface area contributed by atoms with Crippen LogP contribution in [0.3, 0.4) is 0 Å². The van der Waals surface area contributed by atoms with Crippen molar-refractivity contribution in [3.8, 4) is 0 Å². The lowest BCUT2D eigenvalue weighted by molar-refractivity contribution is 0.480. The van der Waals surface area contributed by atoms with Crippen molar-refractivity contribution < 1.29 is 0 Å². The molecule has 0 bridgehead atoms. The molecule has 3 nitrogen and oxygen atoms in total. The summed E-state index contributed by atoms with van der Waals surface area (Å²) in [4.78, 5) is 6.76. The molecule has 2 atom stereocenters. The molecule has 86 valence electrons. The fourth-order valence-electron chi connectivity index (χ4n) is 1.81. The van der Waals surface area contributed by atoms with Crippen molar-refractivity contribution in [1.29, 1.82) is 0 Å². The van der Waals surface area contributed by atoms with E-state index in [-0.39, 0.29) is 0 Å². The van der Waals surface area contributed by atoms with E-state index in [0.29, 0.717) is 12.1 Å². The van der Waals surface area contributed by atoms with Crippen LogP contribution >= 0.6 is 0 Å². The molecule has 1 heterocycles. The molecule has 1 aromatic carbocycles. The van der Waals surface area contributed by atoms with Gasteiger partial charge >= 0.3 is 0 Å². The molecule has 0 unspecified atom stereocenters. The van der Waals surface area contributed by atoms with E-state index in [4.69, 9.17) is 0 Å². The fraction of sp³-hybridized carbons (Fsp3) is 0.462. The number of aliphatic imine (C=N–C) groups is 1. The molecule has 0 fully saturated rings. The van der Waals surface area contributed by atoms with Crippen LogP contribution < -0.4 is 5.32 Å². The second-order valence-electron chi connectivity index (χ2n) is 4.47. The van der Waals surface area contributed by atoms with Crippen LogP contribution in [-0.2, 0) is 6.54 Å². The Hall–Kier alpha value is -1.51. The average molecular weight is 217 g/mol. The minimum absolute atomic E-state index is 0.369. The van der Waals surface area contributed by atoms with Crippen molar-refractivity contribution in [3.05, 3.63) is 35.9 Å². The molecule has 16 heavy (non-hydrogen) atoms. The molecule has 0 aromatic heterocycles. The van der Waals surface area contributed by atoms with Gasteiger partial charge in [-0.1, -0.05) is 30.3 Å². The van der Waals surface area contributed by atoms with Crippen molar-refractivity contribution >= 4 is 5.96 Å². The molecule has 0 aliphatic carbocycles. The van der Waals surface area contributed by atoms with Gasteiger partial charge in [-0.25, -0.2) is 4.99 Å². The molecule has 0 radical (unpaired) electrons. The van der Waals surface area contributed by atoms with E-state index < -0.39 is 0 Å². The monoisotopic (exact) mass is 217 g/mol. The highest BCUT2D eigenvalue weighted by Crippen LogP contribution is 2.09. The summed E-state index contributed by atoms with van der Waals surface area (Å²) in [7, 11) is 2.07. The molecule has 1 aliphatic heterocycles. The normalized spacial score (nSPS) is 23.8. The zero-order valence-corrected chi connectivity index (χ0v) is 10.1. The van der Waals surface area contributed by atoms with E-state index in [0.717, 1.165) is 12.5 Å². The van der Waals surface area contributed by atoms with Gasteiger partial charge in [0.1, 0.15) is 0 Å². The Bertz CT molecular complexity index is 372. The van der Waals surface area contributed by atoms with Crippen LogP contribution in [0.1, 0.15) is 19.4 Å². The second kappa shape index (κ2) is 4.56. The van der Waals surface area contributed by atoms with Crippen molar-refractivity contribution in [2.75, 3.05) is 7.05 Å². The Balaban J connectivity index is 1.99. The first-order valence-corrected chi connectivity index (χ1v) is 5.76. The van der Waals surface area contributed by atoms with Crippen molar-refractivity contribution in [1.82, 2.24) is 10.2 Å². The smallest absolute Gasteiger partial charge is 0.194 e. The zero-order valence-electron chi connectivity index (χ0n) is 10.1. The van der Waals surface area contributed by atoms with Gasteiger partial charge in [-0.15, -0.1) is 0 Å². The first kappa shape index (κ1) is 11.0. The van der Waals surface area contributed by atoms with Crippen LogP contribution in [0.4, 0.5) is 0 Å². The van der Waals surface area contributed by atoms with Gasteiger partial charge < -0.3 is 10.2 Å². The third-order valence-corrected chi connectivity index (χ3v) is 3.03. The highest BCUT2D eigenvalue weighted by Gasteiger charge is 2.22. The molecule has 1 aromatic rings. The Morgan fingerprint density at radius 2 is 1.94 bits per heavy atom. The van der Waals surface area contributed by atoms with Gasteiger partial charge in [0.25, 0.3) is 0 Å². The summed E-state index contributed by atoms with van der Waals surface area (Å²) in [5.41, 5.74) is 1.31. The number of benzene rings is 1. The van der Waals surface area contributed by atoms with Gasteiger partial charge in [0.15, 0.2) is 5.96 Å². The average Bonchev–Trinajstić information content (AvgIpc) is 2.61. The number of guanidine groups is 1. The molecule has 1 N–H and O–H groups in total. The molecule has 0 amide bonds. The number of nitrogens with one attached hydrogen (secondary N) is 1. The van der Waals surface area contributed by atoms with Crippen LogP contribution in [-0.4, -0.2) is 30.0 Å². The SMILES string of the molecule is C[C@@H]1N=C(N(C)Cc2ccccc2)N[C@@H]1C. The van der Waals surface area contributed by atoms with Gasteiger partial charge in [-0.05, 0) is 19.4 Å². The van der Waals surface area contributed by atoms with Gasteiger partial charge in [0.05, 0.1) is 6.04 Å². The molecule has 2 rings (SSSR count). The second-order valence-corrected chi connectivity index (χ2v) is 4.47. The van der Waals surface area contributed by atoms with Crippen LogP contribution in [0, 0.1) is 0 Å². The maximum absolute atomic E-state index is 4.60. The summed E-state index contributed by atoms with van der Waals surface area (Å²) in [6, 6.07) is 11.3. The lowest BCUT2D eigenvalue weighted by Crippen LogP contribution is -2.39. The highest BCUT2D eigenvalue weighted by atomic mass is 15.3. The molecular formula is C13H19N3. The van der Waals surface area contributed by atoms with Crippen LogP contribution in [0.15, 0.2) is 35.3 Å². The summed E-state index contributed by atoms with van der Waals surface area (Å²) < 4.78 is 0. The third kappa shape index (κ3) is 2.35. The van der Waals surface area contributed by atoms with Gasteiger partial charge in [-0.3, -0.25) is 0 Å². The summed E-state index contributed by atoms with van der Waals surface area (Å²) in [5.74, 6) is 1.00. The largest absolute Gasteiger partial charge is 0.352 e. The fourth-order valence-corrected chi connectivity index (χ4v) is 1.81. The van der Waals surface area contributed by atoms with Crippen molar-refractivity contribution in [3.63, 3.8) is 0 Å². The molecular weight excluding hydrogens is 198 g/mol. The predicted octanol–water partition coefficient (Wildman–Crippen LogP) is 1.85.